The molecule has 2 fully saturated rings. The van der Waals surface area contributed by atoms with E-state index in [2.05, 4.69) is 5.32 Å². The molecule has 0 aromatic heterocycles. The van der Waals surface area contributed by atoms with E-state index in [1.165, 1.54) is 51.4 Å². The summed E-state index contributed by atoms with van der Waals surface area (Å²) in [6.45, 7) is 0. The molecule has 1 aromatic carbocycles. The summed E-state index contributed by atoms with van der Waals surface area (Å²) >= 11 is 6.27. The Morgan fingerprint density at radius 3 is 2.50 bits per heavy atom. The molecule has 3 heteroatoms. The molecule has 2 aliphatic carbocycles. The van der Waals surface area contributed by atoms with E-state index < -0.39 is 0 Å². The van der Waals surface area contributed by atoms with Crippen LogP contribution >= 0.6 is 11.6 Å². The van der Waals surface area contributed by atoms with E-state index >= 15 is 0 Å². The van der Waals surface area contributed by atoms with Gasteiger partial charge in [0.2, 0.25) is 0 Å². The van der Waals surface area contributed by atoms with Crippen molar-refractivity contribution >= 4 is 17.3 Å². The molecule has 1 aromatic rings. The van der Waals surface area contributed by atoms with Gasteiger partial charge in [-0.3, -0.25) is 0 Å². The van der Waals surface area contributed by atoms with Crippen LogP contribution in [0.1, 0.15) is 51.4 Å². The summed E-state index contributed by atoms with van der Waals surface area (Å²) in [4.78, 5) is 0. The predicted molar refractivity (Wildman–Crippen MR) is 84.8 cm³/mol. The lowest BCUT2D eigenvalue weighted by atomic mass is 9.71. The van der Waals surface area contributed by atoms with Gasteiger partial charge in [-0.25, -0.2) is 0 Å². The first-order valence-electron chi connectivity index (χ1n) is 7.81. The minimum absolute atomic E-state index is 0.561. The third-order valence-electron chi connectivity index (χ3n) is 5.24. The van der Waals surface area contributed by atoms with Crippen molar-refractivity contribution in [3.8, 4) is 5.75 Å². The van der Waals surface area contributed by atoms with Crippen molar-refractivity contribution in [3.63, 3.8) is 0 Å². The molecule has 2 aliphatic rings. The summed E-state index contributed by atoms with van der Waals surface area (Å²) in [5, 5.41) is 4.40. The first-order chi connectivity index (χ1) is 9.71. The molecule has 0 heterocycles. The van der Waals surface area contributed by atoms with E-state index in [1.807, 2.05) is 18.2 Å². The quantitative estimate of drug-likeness (QED) is 0.820. The molecule has 1 N–H and O–H groups in total. The Balaban J connectivity index is 1.62. The van der Waals surface area contributed by atoms with Crippen LogP contribution in [0.4, 0.5) is 5.69 Å². The molecule has 20 heavy (non-hydrogen) atoms. The molecule has 0 amide bonds. The van der Waals surface area contributed by atoms with Crippen molar-refractivity contribution < 1.29 is 4.74 Å². The van der Waals surface area contributed by atoms with E-state index in [1.54, 1.807) is 7.11 Å². The summed E-state index contributed by atoms with van der Waals surface area (Å²) in [6, 6.07) is 6.37. The molecule has 1 spiro atoms. The number of rotatable bonds is 3. The van der Waals surface area contributed by atoms with Crippen LogP contribution in [-0.4, -0.2) is 13.2 Å². The zero-order valence-electron chi connectivity index (χ0n) is 12.3. The summed E-state index contributed by atoms with van der Waals surface area (Å²) in [5.41, 5.74) is 1.70. The molecule has 110 valence electrons. The Hall–Kier alpha value is -0.890. The average Bonchev–Trinajstić information content (AvgIpc) is 2.92. The zero-order chi connectivity index (χ0) is 14.0. The van der Waals surface area contributed by atoms with Gasteiger partial charge in [-0.2, -0.15) is 0 Å². The molecule has 0 atom stereocenters. The third-order valence-corrected chi connectivity index (χ3v) is 5.57. The minimum Gasteiger partial charge on any atom is -0.497 e. The lowest BCUT2D eigenvalue weighted by Crippen LogP contribution is -2.31. The van der Waals surface area contributed by atoms with Crippen LogP contribution in [0, 0.1) is 5.41 Å². The van der Waals surface area contributed by atoms with Crippen molar-refractivity contribution in [2.45, 2.75) is 57.4 Å². The van der Waals surface area contributed by atoms with Gasteiger partial charge in [0.25, 0.3) is 0 Å². The minimum atomic E-state index is 0.561. The van der Waals surface area contributed by atoms with Gasteiger partial charge in [0, 0.05) is 12.1 Å². The number of benzene rings is 1. The molecule has 3 rings (SSSR count). The van der Waals surface area contributed by atoms with Crippen molar-refractivity contribution in [3.05, 3.63) is 23.2 Å². The summed E-state index contributed by atoms with van der Waals surface area (Å²) in [6.07, 6.45) is 11.1. The summed E-state index contributed by atoms with van der Waals surface area (Å²) < 4.78 is 5.28. The van der Waals surface area contributed by atoms with Crippen LogP contribution in [-0.2, 0) is 0 Å². The van der Waals surface area contributed by atoms with Crippen molar-refractivity contribution in [2.75, 3.05) is 12.4 Å². The Morgan fingerprint density at radius 1 is 1.15 bits per heavy atom. The standard InChI is InChI=1S/C17H24ClNO/c1-20-14-4-5-15(18)16(12-14)19-13-6-10-17(11-7-13)8-2-3-9-17/h4-5,12-13,19H,2-3,6-11H2,1H3. The van der Waals surface area contributed by atoms with Gasteiger partial charge in [0.05, 0.1) is 17.8 Å². The van der Waals surface area contributed by atoms with Gasteiger partial charge in [0.15, 0.2) is 0 Å². The van der Waals surface area contributed by atoms with Gasteiger partial charge < -0.3 is 10.1 Å². The fraction of sp³-hybridized carbons (Fsp3) is 0.647. The first kappa shape index (κ1) is 14.1. The maximum absolute atomic E-state index is 6.27. The summed E-state index contributed by atoms with van der Waals surface area (Å²) in [5.74, 6) is 0.861. The predicted octanol–water partition coefficient (Wildman–Crippen LogP) is 5.26. The van der Waals surface area contributed by atoms with Crippen molar-refractivity contribution in [2.24, 2.45) is 5.41 Å². The Morgan fingerprint density at radius 2 is 1.85 bits per heavy atom. The molecule has 0 aliphatic heterocycles. The highest BCUT2D eigenvalue weighted by Gasteiger charge is 2.37. The normalized spacial score (nSPS) is 22.1. The number of hydrogen-bond donors (Lipinski definition) is 1. The van der Waals surface area contributed by atoms with Gasteiger partial charge in [-0.15, -0.1) is 0 Å². The number of hydrogen-bond acceptors (Lipinski definition) is 2. The van der Waals surface area contributed by atoms with Crippen molar-refractivity contribution in [1.82, 2.24) is 0 Å². The second-order valence-corrected chi connectivity index (χ2v) is 6.88. The fourth-order valence-electron chi connectivity index (χ4n) is 3.96. The molecule has 0 radical (unpaired) electrons. The molecular formula is C17H24ClNO. The van der Waals surface area contributed by atoms with Crippen LogP contribution in [0.25, 0.3) is 0 Å². The number of nitrogens with one attached hydrogen (secondary N) is 1. The lowest BCUT2D eigenvalue weighted by Gasteiger charge is -2.38. The largest absolute Gasteiger partial charge is 0.497 e. The second kappa shape index (κ2) is 5.85. The molecule has 0 saturated heterocycles. The molecule has 2 saturated carbocycles. The molecule has 0 unspecified atom stereocenters. The van der Waals surface area contributed by atoms with Crippen LogP contribution in [0.2, 0.25) is 5.02 Å². The van der Waals surface area contributed by atoms with E-state index in [0.29, 0.717) is 11.5 Å². The third kappa shape index (κ3) is 2.90. The topological polar surface area (TPSA) is 21.3 Å². The average molecular weight is 294 g/mol. The van der Waals surface area contributed by atoms with Crippen LogP contribution in [0.15, 0.2) is 18.2 Å². The van der Waals surface area contributed by atoms with Crippen molar-refractivity contribution in [1.29, 1.82) is 0 Å². The number of halogens is 1. The van der Waals surface area contributed by atoms with E-state index in [4.69, 9.17) is 16.3 Å². The second-order valence-electron chi connectivity index (χ2n) is 6.47. The highest BCUT2D eigenvalue weighted by Crippen LogP contribution is 2.49. The van der Waals surface area contributed by atoms with E-state index in [0.717, 1.165) is 16.5 Å². The highest BCUT2D eigenvalue weighted by atomic mass is 35.5. The van der Waals surface area contributed by atoms with Crippen LogP contribution in [0.5, 0.6) is 5.75 Å². The maximum Gasteiger partial charge on any atom is 0.121 e. The maximum atomic E-state index is 6.27. The highest BCUT2D eigenvalue weighted by molar-refractivity contribution is 6.33. The van der Waals surface area contributed by atoms with Gasteiger partial charge in [-0.05, 0) is 56.1 Å². The molecular weight excluding hydrogens is 270 g/mol. The number of anilines is 1. The first-order valence-corrected chi connectivity index (χ1v) is 8.19. The lowest BCUT2D eigenvalue weighted by molar-refractivity contribution is 0.188. The van der Waals surface area contributed by atoms with E-state index in [-0.39, 0.29) is 0 Å². The zero-order valence-corrected chi connectivity index (χ0v) is 13.0. The van der Waals surface area contributed by atoms with Crippen LogP contribution < -0.4 is 10.1 Å². The van der Waals surface area contributed by atoms with Crippen LogP contribution in [0.3, 0.4) is 0 Å². The van der Waals surface area contributed by atoms with Gasteiger partial charge >= 0.3 is 0 Å². The van der Waals surface area contributed by atoms with Gasteiger partial charge in [0.1, 0.15) is 5.75 Å². The van der Waals surface area contributed by atoms with Gasteiger partial charge in [-0.1, -0.05) is 24.4 Å². The SMILES string of the molecule is COc1ccc(Cl)c(NC2CCC3(CCCC3)CC2)c1. The Labute approximate surface area is 126 Å². The monoisotopic (exact) mass is 293 g/mol. The molecule has 2 nitrogen and oxygen atoms in total. The number of ether oxygens (including phenoxy) is 1. The van der Waals surface area contributed by atoms with E-state index in [9.17, 15) is 0 Å². The molecule has 0 bridgehead atoms. The Kier molecular flexibility index (Phi) is 4.11. The Bertz CT molecular complexity index is 458. The fourth-order valence-corrected chi connectivity index (χ4v) is 4.13. The smallest absolute Gasteiger partial charge is 0.121 e. The number of methoxy groups -OCH3 is 1. The summed E-state index contributed by atoms with van der Waals surface area (Å²) in [7, 11) is 1.69.